The third-order valence-electron chi connectivity index (χ3n) is 3.42. The second kappa shape index (κ2) is 7.25. The van der Waals surface area contributed by atoms with E-state index in [2.05, 4.69) is 26.1 Å². The zero-order chi connectivity index (χ0) is 16.9. The number of allylic oxidation sites excluding steroid dienone is 1. The molecule has 0 unspecified atom stereocenters. The molecule has 22 heavy (non-hydrogen) atoms. The minimum absolute atomic E-state index is 0.0359. The molecule has 1 rings (SSSR count). The van der Waals surface area contributed by atoms with Gasteiger partial charge in [-0.05, 0) is 43.4 Å². The lowest BCUT2D eigenvalue weighted by Gasteiger charge is -2.19. The largest absolute Gasteiger partial charge is 0.368 e. The van der Waals surface area contributed by atoms with E-state index in [1.165, 1.54) is 0 Å². The highest BCUT2D eigenvalue weighted by Crippen LogP contribution is 2.22. The van der Waals surface area contributed by atoms with Gasteiger partial charge in [-0.15, -0.1) is 0 Å². The molecule has 4 heteroatoms. The molecule has 1 atom stereocenters. The molecule has 2 amide bonds. The smallest absolute Gasteiger partial charge is 0.251 e. The number of hydrogen-bond donors (Lipinski definition) is 2. The first kappa shape index (κ1) is 18.0. The maximum absolute atomic E-state index is 12.2. The van der Waals surface area contributed by atoms with Crippen molar-refractivity contribution in [3.63, 3.8) is 0 Å². The van der Waals surface area contributed by atoms with Crippen LogP contribution in [-0.4, -0.2) is 17.9 Å². The van der Waals surface area contributed by atoms with Crippen molar-refractivity contribution in [2.75, 3.05) is 0 Å². The van der Waals surface area contributed by atoms with Crippen LogP contribution in [0.3, 0.4) is 0 Å². The van der Waals surface area contributed by atoms with Crippen molar-refractivity contribution in [1.82, 2.24) is 5.32 Å². The third-order valence-corrected chi connectivity index (χ3v) is 3.42. The topological polar surface area (TPSA) is 72.2 Å². The second-order valence-electron chi connectivity index (χ2n) is 6.77. The van der Waals surface area contributed by atoms with Gasteiger partial charge in [0.25, 0.3) is 5.91 Å². The molecule has 0 heterocycles. The standard InChI is InChI=1S/C18H26N2O2/c1-12(2)6-11-15(16(19)21)20-17(22)13-7-9-14(10-8-13)18(3,4)5/h6-10,15H,11H2,1-5H3,(H2,19,21)(H,20,22)/t15-/m0/s1. The lowest BCUT2D eigenvalue weighted by molar-refractivity contribution is -0.119. The van der Waals surface area contributed by atoms with E-state index in [0.717, 1.165) is 11.1 Å². The number of primary amides is 1. The SMILES string of the molecule is CC(C)=CC[C@H](NC(=O)c1ccc(C(C)(C)C)cc1)C(N)=O. The Hall–Kier alpha value is -2.10. The summed E-state index contributed by atoms with van der Waals surface area (Å²) in [4.78, 5) is 23.7. The van der Waals surface area contributed by atoms with Gasteiger partial charge in [0.05, 0.1) is 0 Å². The fourth-order valence-corrected chi connectivity index (χ4v) is 1.96. The minimum Gasteiger partial charge on any atom is -0.368 e. The molecule has 0 radical (unpaired) electrons. The fraction of sp³-hybridized carbons (Fsp3) is 0.444. The minimum atomic E-state index is -0.690. The van der Waals surface area contributed by atoms with Crippen LogP contribution >= 0.6 is 0 Å². The summed E-state index contributed by atoms with van der Waals surface area (Å²) in [6, 6.07) is 6.72. The molecular formula is C18H26N2O2. The van der Waals surface area contributed by atoms with Gasteiger partial charge in [-0.2, -0.15) is 0 Å². The van der Waals surface area contributed by atoms with Crippen molar-refractivity contribution in [3.8, 4) is 0 Å². The van der Waals surface area contributed by atoms with Gasteiger partial charge in [0.2, 0.25) is 5.91 Å². The van der Waals surface area contributed by atoms with Gasteiger partial charge in [0.15, 0.2) is 0 Å². The zero-order valence-electron chi connectivity index (χ0n) is 14.1. The quantitative estimate of drug-likeness (QED) is 0.821. The van der Waals surface area contributed by atoms with Crippen LogP contribution in [0, 0.1) is 0 Å². The van der Waals surface area contributed by atoms with E-state index in [4.69, 9.17) is 5.73 Å². The van der Waals surface area contributed by atoms with E-state index in [1.54, 1.807) is 12.1 Å². The summed E-state index contributed by atoms with van der Waals surface area (Å²) in [5, 5.41) is 2.69. The van der Waals surface area contributed by atoms with Gasteiger partial charge in [0, 0.05) is 5.56 Å². The Morgan fingerprint density at radius 2 is 1.73 bits per heavy atom. The van der Waals surface area contributed by atoms with Crippen LogP contribution in [0.1, 0.15) is 57.0 Å². The first-order chi connectivity index (χ1) is 10.1. The number of carbonyl (C=O) groups is 2. The van der Waals surface area contributed by atoms with E-state index in [1.807, 2.05) is 32.1 Å². The number of amides is 2. The highest BCUT2D eigenvalue weighted by atomic mass is 16.2. The molecule has 0 saturated heterocycles. The summed E-state index contributed by atoms with van der Waals surface area (Å²) in [6.07, 6.45) is 2.29. The van der Waals surface area contributed by atoms with Crippen LogP contribution in [0.15, 0.2) is 35.9 Å². The van der Waals surface area contributed by atoms with E-state index in [9.17, 15) is 9.59 Å². The molecule has 0 aliphatic rings. The number of carbonyl (C=O) groups excluding carboxylic acids is 2. The van der Waals surface area contributed by atoms with Gasteiger partial charge in [-0.1, -0.05) is 44.6 Å². The predicted octanol–water partition coefficient (Wildman–Crippen LogP) is 2.92. The molecule has 120 valence electrons. The zero-order valence-corrected chi connectivity index (χ0v) is 14.1. The summed E-state index contributed by atoms with van der Waals surface area (Å²) in [6.45, 7) is 10.2. The number of nitrogens with one attached hydrogen (secondary N) is 1. The van der Waals surface area contributed by atoms with Gasteiger partial charge >= 0.3 is 0 Å². The van der Waals surface area contributed by atoms with E-state index < -0.39 is 11.9 Å². The highest BCUT2D eigenvalue weighted by molar-refractivity contribution is 5.97. The van der Waals surface area contributed by atoms with Gasteiger partial charge in [0.1, 0.15) is 6.04 Å². The average Bonchev–Trinajstić information content (AvgIpc) is 2.41. The lowest BCUT2D eigenvalue weighted by Crippen LogP contribution is -2.44. The molecule has 3 N–H and O–H groups in total. The Bertz CT molecular complexity index is 562. The molecule has 0 aliphatic carbocycles. The predicted molar refractivity (Wildman–Crippen MR) is 89.6 cm³/mol. The van der Waals surface area contributed by atoms with Crippen LogP contribution in [-0.2, 0) is 10.2 Å². The van der Waals surface area contributed by atoms with Crippen LogP contribution in [0.2, 0.25) is 0 Å². The first-order valence-corrected chi connectivity index (χ1v) is 7.45. The van der Waals surface area contributed by atoms with Crippen molar-refractivity contribution in [1.29, 1.82) is 0 Å². The molecule has 0 aromatic heterocycles. The van der Waals surface area contributed by atoms with E-state index in [-0.39, 0.29) is 11.3 Å². The van der Waals surface area contributed by atoms with Crippen LogP contribution in [0.25, 0.3) is 0 Å². The van der Waals surface area contributed by atoms with Crippen molar-refractivity contribution < 1.29 is 9.59 Å². The Labute approximate surface area is 132 Å². The maximum atomic E-state index is 12.2. The normalized spacial score (nSPS) is 12.4. The summed E-state index contributed by atoms with van der Waals surface area (Å²) < 4.78 is 0. The maximum Gasteiger partial charge on any atom is 0.251 e. The summed E-state index contributed by atoms with van der Waals surface area (Å²) >= 11 is 0. The second-order valence-corrected chi connectivity index (χ2v) is 6.77. The van der Waals surface area contributed by atoms with Crippen LogP contribution in [0.5, 0.6) is 0 Å². The Balaban J connectivity index is 2.82. The summed E-state index contributed by atoms with van der Waals surface area (Å²) in [5.74, 6) is -0.816. The first-order valence-electron chi connectivity index (χ1n) is 7.45. The molecule has 0 saturated carbocycles. The molecule has 0 bridgehead atoms. The highest BCUT2D eigenvalue weighted by Gasteiger charge is 2.19. The Kier molecular flexibility index (Phi) is 5.92. The number of hydrogen-bond acceptors (Lipinski definition) is 2. The number of benzene rings is 1. The monoisotopic (exact) mass is 302 g/mol. The average molecular weight is 302 g/mol. The summed E-state index contributed by atoms with van der Waals surface area (Å²) in [7, 11) is 0. The van der Waals surface area contributed by atoms with Gasteiger partial charge < -0.3 is 11.1 Å². The number of nitrogens with two attached hydrogens (primary N) is 1. The van der Waals surface area contributed by atoms with Crippen molar-refractivity contribution >= 4 is 11.8 Å². The van der Waals surface area contributed by atoms with Crippen LogP contribution < -0.4 is 11.1 Å². The van der Waals surface area contributed by atoms with E-state index in [0.29, 0.717) is 12.0 Å². The van der Waals surface area contributed by atoms with Gasteiger partial charge in [-0.25, -0.2) is 0 Å². The molecule has 0 spiro atoms. The number of rotatable bonds is 5. The van der Waals surface area contributed by atoms with Crippen molar-refractivity contribution in [2.45, 2.75) is 52.5 Å². The van der Waals surface area contributed by atoms with Crippen LogP contribution in [0.4, 0.5) is 0 Å². The lowest BCUT2D eigenvalue weighted by atomic mass is 9.86. The molecular weight excluding hydrogens is 276 g/mol. The van der Waals surface area contributed by atoms with Crippen molar-refractivity contribution in [3.05, 3.63) is 47.0 Å². The fourth-order valence-electron chi connectivity index (χ4n) is 1.96. The third kappa shape index (κ3) is 5.35. The molecule has 0 fully saturated rings. The molecule has 0 aliphatic heterocycles. The molecule has 1 aromatic rings. The Morgan fingerprint density at radius 1 is 1.18 bits per heavy atom. The Morgan fingerprint density at radius 3 is 2.14 bits per heavy atom. The molecule has 1 aromatic carbocycles. The van der Waals surface area contributed by atoms with Gasteiger partial charge in [-0.3, -0.25) is 9.59 Å². The summed E-state index contributed by atoms with van der Waals surface area (Å²) in [5.41, 5.74) is 8.14. The van der Waals surface area contributed by atoms with E-state index >= 15 is 0 Å². The van der Waals surface area contributed by atoms with Crippen molar-refractivity contribution in [2.24, 2.45) is 5.73 Å². The molecule has 4 nitrogen and oxygen atoms in total.